The van der Waals surface area contributed by atoms with E-state index in [-0.39, 0.29) is 42.3 Å². The lowest BCUT2D eigenvalue weighted by atomic mass is 10.1. The molecule has 8 heteroatoms. The molecule has 1 aliphatic rings. The predicted molar refractivity (Wildman–Crippen MR) is 124 cm³/mol. The van der Waals surface area contributed by atoms with Crippen LogP contribution in [0, 0.1) is 12.7 Å². The quantitative estimate of drug-likeness (QED) is 0.270. The largest absolute Gasteiger partial charge is 0.482 e. The van der Waals surface area contributed by atoms with Gasteiger partial charge in [0.05, 0.1) is 5.69 Å². The van der Waals surface area contributed by atoms with Crippen LogP contribution in [0.3, 0.4) is 0 Å². The van der Waals surface area contributed by atoms with Gasteiger partial charge in [0.1, 0.15) is 11.6 Å². The van der Waals surface area contributed by atoms with Crippen LogP contribution in [0.4, 0.5) is 10.1 Å². The molecule has 2 N–H and O–H groups in total. The van der Waals surface area contributed by atoms with Gasteiger partial charge in [-0.1, -0.05) is 24.3 Å². The molecule has 1 aliphatic heterocycles. The van der Waals surface area contributed by atoms with Crippen molar-refractivity contribution in [2.75, 3.05) is 31.6 Å². The van der Waals surface area contributed by atoms with Crippen molar-refractivity contribution in [3.63, 3.8) is 0 Å². The second-order valence-electron chi connectivity index (χ2n) is 6.59. The first-order chi connectivity index (χ1) is 13.6. The van der Waals surface area contributed by atoms with Crippen LogP contribution in [0.1, 0.15) is 17.5 Å². The number of carbonyl (C=O) groups is 1. The number of rotatable bonds is 6. The minimum absolute atomic E-state index is 0. The first-order valence-corrected chi connectivity index (χ1v) is 9.30. The van der Waals surface area contributed by atoms with E-state index in [1.807, 2.05) is 30.3 Å². The van der Waals surface area contributed by atoms with E-state index >= 15 is 0 Å². The Morgan fingerprint density at radius 3 is 2.79 bits per heavy atom. The molecule has 0 aliphatic carbocycles. The number of fused-ring (bicyclic) bond motifs is 1. The molecule has 2 aromatic rings. The number of guanidine groups is 1. The molecule has 0 saturated heterocycles. The highest BCUT2D eigenvalue weighted by molar-refractivity contribution is 14.0. The lowest BCUT2D eigenvalue weighted by Gasteiger charge is -2.29. The van der Waals surface area contributed by atoms with Crippen LogP contribution >= 0.6 is 24.0 Å². The van der Waals surface area contributed by atoms with Gasteiger partial charge in [-0.2, -0.15) is 0 Å². The summed E-state index contributed by atoms with van der Waals surface area (Å²) in [6.07, 6.45) is 0.760. The van der Waals surface area contributed by atoms with Gasteiger partial charge in [-0.3, -0.25) is 9.79 Å². The molecule has 29 heavy (non-hydrogen) atoms. The molecular weight excluding hydrogens is 486 g/mol. The van der Waals surface area contributed by atoms with E-state index in [1.54, 1.807) is 24.9 Å². The molecule has 0 saturated carbocycles. The summed E-state index contributed by atoms with van der Waals surface area (Å²) < 4.78 is 18.8. The third kappa shape index (κ3) is 6.06. The highest BCUT2D eigenvalue weighted by Crippen LogP contribution is 2.31. The number of nitrogens with one attached hydrogen (secondary N) is 2. The zero-order chi connectivity index (χ0) is 19.9. The molecule has 0 bridgehead atoms. The third-order valence-electron chi connectivity index (χ3n) is 4.57. The fourth-order valence-electron chi connectivity index (χ4n) is 3.07. The number of aryl methyl sites for hydroxylation is 1. The maximum absolute atomic E-state index is 13.4. The number of para-hydroxylation sites is 2. The first-order valence-electron chi connectivity index (χ1n) is 9.30. The van der Waals surface area contributed by atoms with E-state index in [1.165, 1.54) is 6.07 Å². The molecule has 0 aromatic heterocycles. The maximum atomic E-state index is 13.4. The Labute approximate surface area is 187 Å². The van der Waals surface area contributed by atoms with Crippen LogP contribution < -0.4 is 20.3 Å². The zero-order valence-electron chi connectivity index (χ0n) is 16.6. The number of carbonyl (C=O) groups excluding carboxylic acids is 1. The van der Waals surface area contributed by atoms with Crippen molar-refractivity contribution >= 4 is 41.5 Å². The minimum Gasteiger partial charge on any atom is -0.482 e. The van der Waals surface area contributed by atoms with Crippen molar-refractivity contribution in [2.45, 2.75) is 19.9 Å². The zero-order valence-corrected chi connectivity index (χ0v) is 18.9. The fraction of sp³-hybridized carbons (Fsp3) is 0.333. The van der Waals surface area contributed by atoms with E-state index in [0.29, 0.717) is 31.2 Å². The number of amides is 1. The summed E-state index contributed by atoms with van der Waals surface area (Å²) in [5.74, 6) is 1.16. The Kier molecular flexibility index (Phi) is 8.69. The van der Waals surface area contributed by atoms with Gasteiger partial charge >= 0.3 is 0 Å². The average Bonchev–Trinajstić information content (AvgIpc) is 2.71. The Balaban J connectivity index is 0.00000300. The van der Waals surface area contributed by atoms with Crippen molar-refractivity contribution < 1.29 is 13.9 Å². The Morgan fingerprint density at radius 1 is 1.24 bits per heavy atom. The molecule has 1 heterocycles. The molecule has 6 nitrogen and oxygen atoms in total. The van der Waals surface area contributed by atoms with E-state index < -0.39 is 0 Å². The molecule has 0 fully saturated rings. The molecule has 0 radical (unpaired) electrons. The number of aliphatic imine (C=N–C) groups is 1. The number of nitrogens with zero attached hydrogens (tertiary/aromatic N) is 2. The predicted octanol–water partition coefficient (Wildman–Crippen LogP) is 3.23. The summed E-state index contributed by atoms with van der Waals surface area (Å²) in [6, 6.07) is 12.6. The van der Waals surface area contributed by atoms with Gasteiger partial charge in [0.2, 0.25) is 0 Å². The lowest BCUT2D eigenvalue weighted by molar-refractivity contribution is -0.121. The van der Waals surface area contributed by atoms with E-state index in [9.17, 15) is 9.18 Å². The molecule has 2 aromatic carbocycles. The molecule has 1 amide bonds. The van der Waals surface area contributed by atoms with Gasteiger partial charge in [0, 0.05) is 26.7 Å². The molecule has 156 valence electrons. The summed E-state index contributed by atoms with van der Waals surface area (Å²) >= 11 is 0. The van der Waals surface area contributed by atoms with Crippen LogP contribution in [0.5, 0.6) is 5.75 Å². The normalized spacial score (nSPS) is 13.3. The number of benzene rings is 2. The lowest BCUT2D eigenvalue weighted by Crippen LogP contribution is -2.42. The topological polar surface area (TPSA) is 66.0 Å². The van der Waals surface area contributed by atoms with Crippen LogP contribution in [0.25, 0.3) is 0 Å². The van der Waals surface area contributed by atoms with Gasteiger partial charge in [-0.25, -0.2) is 4.39 Å². The van der Waals surface area contributed by atoms with Crippen LogP contribution in [0.15, 0.2) is 47.5 Å². The van der Waals surface area contributed by atoms with Crippen molar-refractivity contribution in [1.29, 1.82) is 0 Å². The molecule has 3 rings (SSSR count). The highest BCUT2D eigenvalue weighted by atomic mass is 127. The average molecular weight is 512 g/mol. The SMILES string of the molecule is CN=C(NCCCN1C(=O)COc2ccccc21)NCc1ccc(F)c(C)c1.I. The van der Waals surface area contributed by atoms with Crippen molar-refractivity contribution in [3.05, 3.63) is 59.4 Å². The smallest absolute Gasteiger partial charge is 0.265 e. The van der Waals surface area contributed by atoms with Crippen LogP contribution in [-0.4, -0.2) is 38.6 Å². The third-order valence-corrected chi connectivity index (χ3v) is 4.57. The number of hydrogen-bond donors (Lipinski definition) is 2. The Morgan fingerprint density at radius 2 is 2.03 bits per heavy atom. The van der Waals surface area contributed by atoms with Crippen molar-refractivity contribution in [1.82, 2.24) is 10.6 Å². The Bertz CT molecular complexity index is 876. The van der Waals surface area contributed by atoms with Crippen LogP contribution in [-0.2, 0) is 11.3 Å². The standard InChI is InChI=1S/C21H25FN4O2.HI/c1-15-12-16(8-9-17(15)22)13-25-21(23-2)24-10-5-11-26-18-6-3-4-7-19(18)28-14-20(26)27;/h3-4,6-9,12H,5,10-11,13-14H2,1-2H3,(H2,23,24,25);1H. The van der Waals surface area contributed by atoms with Crippen LogP contribution in [0.2, 0.25) is 0 Å². The van der Waals surface area contributed by atoms with Crippen molar-refractivity contribution in [3.8, 4) is 5.75 Å². The molecular formula is C21H26FIN4O2. The number of halogens is 2. The monoisotopic (exact) mass is 512 g/mol. The van der Waals surface area contributed by atoms with Gasteiger partial charge in [-0.05, 0) is 42.7 Å². The van der Waals surface area contributed by atoms with E-state index in [4.69, 9.17) is 4.74 Å². The summed E-state index contributed by atoms with van der Waals surface area (Å²) in [5.41, 5.74) is 2.42. The highest BCUT2D eigenvalue weighted by Gasteiger charge is 2.24. The minimum atomic E-state index is -0.203. The summed E-state index contributed by atoms with van der Waals surface area (Å²) in [4.78, 5) is 18.1. The molecule has 0 spiro atoms. The summed E-state index contributed by atoms with van der Waals surface area (Å²) in [7, 11) is 1.70. The van der Waals surface area contributed by atoms with Crippen molar-refractivity contribution in [2.24, 2.45) is 4.99 Å². The van der Waals surface area contributed by atoms with Gasteiger partial charge in [-0.15, -0.1) is 24.0 Å². The van der Waals surface area contributed by atoms with Gasteiger partial charge < -0.3 is 20.3 Å². The molecule has 0 atom stereocenters. The summed E-state index contributed by atoms with van der Waals surface area (Å²) in [6.45, 7) is 3.63. The second kappa shape index (κ2) is 11.0. The van der Waals surface area contributed by atoms with E-state index in [0.717, 1.165) is 23.4 Å². The number of anilines is 1. The Hall–Kier alpha value is -2.36. The van der Waals surface area contributed by atoms with E-state index in [2.05, 4.69) is 15.6 Å². The molecule has 0 unspecified atom stereocenters. The fourth-order valence-corrected chi connectivity index (χ4v) is 3.07. The van der Waals surface area contributed by atoms with Gasteiger partial charge in [0.15, 0.2) is 12.6 Å². The first kappa shape index (κ1) is 22.9. The maximum Gasteiger partial charge on any atom is 0.265 e. The second-order valence-corrected chi connectivity index (χ2v) is 6.59. The number of hydrogen-bond acceptors (Lipinski definition) is 3. The van der Waals surface area contributed by atoms with Gasteiger partial charge in [0.25, 0.3) is 5.91 Å². The summed E-state index contributed by atoms with van der Waals surface area (Å²) in [5, 5.41) is 6.45. The number of ether oxygens (including phenoxy) is 1.